The quantitative estimate of drug-likeness (QED) is 0.658. The van der Waals surface area contributed by atoms with Crippen molar-refractivity contribution in [3.05, 3.63) is 16.1 Å². The minimum absolute atomic E-state index is 0.0886. The molecule has 5 heteroatoms. The molecule has 0 fully saturated rings. The largest absolute Gasteiger partial charge is 0.464 e. The second-order valence-corrected chi connectivity index (χ2v) is 2.90. The van der Waals surface area contributed by atoms with E-state index in [1.807, 2.05) is 0 Å². The number of carbonyl (C=O) groups excluding carboxylic acids is 1. The van der Waals surface area contributed by atoms with Crippen molar-refractivity contribution >= 4 is 17.3 Å². The summed E-state index contributed by atoms with van der Waals surface area (Å²) >= 11 is 1.13. The highest BCUT2D eigenvalue weighted by molar-refractivity contribution is 7.13. The van der Waals surface area contributed by atoms with E-state index in [1.54, 1.807) is 0 Å². The Labute approximate surface area is 67.5 Å². The number of aliphatic hydroxyl groups is 1. The molecule has 11 heavy (non-hydrogen) atoms. The van der Waals surface area contributed by atoms with Crippen molar-refractivity contribution in [2.24, 2.45) is 0 Å². The fourth-order valence-electron chi connectivity index (χ4n) is 0.562. The van der Waals surface area contributed by atoms with Gasteiger partial charge in [-0.15, -0.1) is 11.3 Å². The van der Waals surface area contributed by atoms with Gasteiger partial charge in [0.15, 0.2) is 0 Å². The second kappa shape index (κ2) is 3.45. The van der Waals surface area contributed by atoms with Crippen molar-refractivity contribution in [3.8, 4) is 0 Å². The maximum atomic E-state index is 10.8. The molecule has 60 valence electrons. The molecule has 0 aliphatic rings. The lowest BCUT2D eigenvalue weighted by molar-refractivity contribution is 0.0600. The van der Waals surface area contributed by atoms with E-state index in [9.17, 15) is 4.79 Å². The number of aromatic nitrogens is 1. The van der Waals surface area contributed by atoms with E-state index in [4.69, 9.17) is 5.11 Å². The highest BCUT2D eigenvalue weighted by Gasteiger charge is 2.09. The first-order valence-corrected chi connectivity index (χ1v) is 3.73. The van der Waals surface area contributed by atoms with Gasteiger partial charge in [-0.05, 0) is 0 Å². The lowest BCUT2D eigenvalue weighted by atomic mass is 10.6. The molecule has 1 aromatic heterocycles. The monoisotopic (exact) mass is 173 g/mol. The van der Waals surface area contributed by atoms with Gasteiger partial charge in [0, 0.05) is 6.20 Å². The summed E-state index contributed by atoms with van der Waals surface area (Å²) in [7, 11) is 1.29. The van der Waals surface area contributed by atoms with Crippen molar-refractivity contribution in [1.82, 2.24) is 4.98 Å². The first kappa shape index (κ1) is 8.16. The number of nitrogens with zero attached hydrogens (tertiary/aromatic N) is 1. The van der Waals surface area contributed by atoms with Crippen LogP contribution in [0.1, 0.15) is 14.7 Å². The standard InChI is InChI=1S/C6H7NO3S/c1-10-6(9)5-7-2-4(3-8)11-5/h2,8H,3H2,1H3. The van der Waals surface area contributed by atoms with Crippen molar-refractivity contribution in [3.63, 3.8) is 0 Å². The Hall–Kier alpha value is -0.940. The van der Waals surface area contributed by atoms with Crippen LogP contribution in [0.25, 0.3) is 0 Å². The van der Waals surface area contributed by atoms with Gasteiger partial charge in [0.25, 0.3) is 0 Å². The smallest absolute Gasteiger partial charge is 0.367 e. The Balaban J connectivity index is 2.80. The van der Waals surface area contributed by atoms with Gasteiger partial charge in [-0.2, -0.15) is 0 Å². The number of hydrogen-bond acceptors (Lipinski definition) is 5. The summed E-state index contributed by atoms with van der Waals surface area (Å²) in [5, 5.41) is 8.90. The third kappa shape index (κ3) is 1.75. The van der Waals surface area contributed by atoms with Crippen LogP contribution in [0.3, 0.4) is 0 Å². The summed E-state index contributed by atoms with van der Waals surface area (Å²) < 4.78 is 4.42. The number of carbonyl (C=O) groups is 1. The summed E-state index contributed by atoms with van der Waals surface area (Å²) in [6.45, 7) is -0.0886. The van der Waals surface area contributed by atoms with Crippen LogP contribution >= 0.6 is 11.3 Å². The van der Waals surface area contributed by atoms with E-state index < -0.39 is 5.97 Å². The number of aliphatic hydroxyl groups excluding tert-OH is 1. The van der Waals surface area contributed by atoms with Gasteiger partial charge >= 0.3 is 5.97 Å². The fraction of sp³-hybridized carbons (Fsp3) is 0.333. The van der Waals surface area contributed by atoms with E-state index in [-0.39, 0.29) is 11.6 Å². The summed E-state index contributed by atoms with van der Waals surface area (Å²) in [5.41, 5.74) is 0. The van der Waals surface area contributed by atoms with Gasteiger partial charge in [-0.1, -0.05) is 0 Å². The third-order valence-electron chi connectivity index (χ3n) is 1.07. The first-order valence-electron chi connectivity index (χ1n) is 2.92. The van der Waals surface area contributed by atoms with Crippen LogP contribution in [-0.2, 0) is 11.3 Å². The molecule has 0 spiro atoms. The second-order valence-electron chi connectivity index (χ2n) is 1.78. The van der Waals surface area contributed by atoms with Crippen LogP contribution in [0, 0.1) is 0 Å². The number of ether oxygens (including phenoxy) is 1. The molecule has 0 amide bonds. The maximum Gasteiger partial charge on any atom is 0.367 e. The zero-order valence-corrected chi connectivity index (χ0v) is 6.72. The molecule has 1 rings (SSSR count). The number of hydrogen-bond donors (Lipinski definition) is 1. The number of methoxy groups -OCH3 is 1. The topological polar surface area (TPSA) is 59.4 Å². The fourth-order valence-corrected chi connectivity index (χ4v) is 1.25. The molecule has 1 aromatic rings. The van der Waals surface area contributed by atoms with Crippen molar-refractivity contribution in [2.45, 2.75) is 6.61 Å². The molecule has 0 aliphatic heterocycles. The van der Waals surface area contributed by atoms with Gasteiger partial charge in [0.05, 0.1) is 18.6 Å². The molecule has 0 unspecified atom stereocenters. The molecule has 1 N–H and O–H groups in total. The van der Waals surface area contributed by atoms with Gasteiger partial charge in [-0.3, -0.25) is 0 Å². The van der Waals surface area contributed by atoms with Crippen molar-refractivity contribution in [2.75, 3.05) is 7.11 Å². The van der Waals surface area contributed by atoms with Crippen LogP contribution in [0.5, 0.6) is 0 Å². The molecular weight excluding hydrogens is 166 g/mol. The Morgan fingerprint density at radius 1 is 1.91 bits per heavy atom. The predicted molar refractivity (Wildman–Crippen MR) is 39.4 cm³/mol. The first-order chi connectivity index (χ1) is 5.27. The number of thiazole rings is 1. The molecule has 0 radical (unpaired) electrons. The van der Waals surface area contributed by atoms with Gasteiger partial charge in [0.1, 0.15) is 0 Å². The summed E-state index contributed by atoms with van der Waals surface area (Å²) in [4.78, 5) is 15.2. The highest BCUT2D eigenvalue weighted by atomic mass is 32.1. The average molecular weight is 173 g/mol. The Kier molecular flexibility index (Phi) is 2.56. The van der Waals surface area contributed by atoms with Gasteiger partial charge in [0.2, 0.25) is 5.01 Å². The Bertz CT molecular complexity index is 258. The molecule has 0 aliphatic carbocycles. The van der Waals surface area contributed by atoms with Gasteiger partial charge in [-0.25, -0.2) is 9.78 Å². The zero-order valence-electron chi connectivity index (χ0n) is 5.90. The van der Waals surface area contributed by atoms with E-state index in [2.05, 4.69) is 9.72 Å². The molecule has 0 aromatic carbocycles. The van der Waals surface area contributed by atoms with E-state index >= 15 is 0 Å². The van der Waals surface area contributed by atoms with E-state index in [0.29, 0.717) is 4.88 Å². The molecule has 0 bridgehead atoms. The van der Waals surface area contributed by atoms with Crippen LogP contribution in [0.2, 0.25) is 0 Å². The molecule has 4 nitrogen and oxygen atoms in total. The summed E-state index contributed by atoms with van der Waals surface area (Å²) in [6, 6.07) is 0. The molecule has 0 saturated heterocycles. The lowest BCUT2D eigenvalue weighted by Gasteiger charge is -1.89. The number of rotatable bonds is 2. The van der Waals surface area contributed by atoms with Crippen LogP contribution in [0.4, 0.5) is 0 Å². The van der Waals surface area contributed by atoms with Gasteiger partial charge < -0.3 is 9.84 Å². The predicted octanol–water partition coefficient (Wildman–Crippen LogP) is 0.422. The minimum Gasteiger partial charge on any atom is -0.464 e. The van der Waals surface area contributed by atoms with E-state index in [0.717, 1.165) is 11.3 Å². The molecule has 1 heterocycles. The zero-order chi connectivity index (χ0) is 8.27. The van der Waals surface area contributed by atoms with Crippen LogP contribution in [-0.4, -0.2) is 23.2 Å². The normalized spacial score (nSPS) is 9.64. The van der Waals surface area contributed by atoms with Crippen LogP contribution in [0.15, 0.2) is 6.20 Å². The highest BCUT2D eigenvalue weighted by Crippen LogP contribution is 2.12. The average Bonchev–Trinajstić information content (AvgIpc) is 2.50. The third-order valence-corrected chi connectivity index (χ3v) is 2.03. The van der Waals surface area contributed by atoms with Crippen molar-refractivity contribution in [1.29, 1.82) is 0 Å². The van der Waals surface area contributed by atoms with Crippen molar-refractivity contribution < 1.29 is 14.6 Å². The minimum atomic E-state index is -0.463. The lowest BCUT2D eigenvalue weighted by Crippen LogP contribution is -1.98. The molecule has 0 atom stereocenters. The molecule has 0 saturated carbocycles. The van der Waals surface area contributed by atoms with E-state index in [1.165, 1.54) is 13.3 Å². The summed E-state index contributed by atoms with van der Waals surface area (Å²) in [6.07, 6.45) is 1.46. The SMILES string of the molecule is COC(=O)c1ncc(CO)s1. The Morgan fingerprint density at radius 2 is 2.64 bits per heavy atom. The Morgan fingerprint density at radius 3 is 3.09 bits per heavy atom. The van der Waals surface area contributed by atoms with Crippen LogP contribution < -0.4 is 0 Å². The summed E-state index contributed by atoms with van der Waals surface area (Å²) in [5.74, 6) is -0.463. The molecular formula is C6H7NO3S. The maximum absolute atomic E-state index is 10.8. The number of esters is 1.